The highest BCUT2D eigenvalue weighted by molar-refractivity contribution is 5.96. The van der Waals surface area contributed by atoms with E-state index in [2.05, 4.69) is 12.7 Å². The molecule has 2 aromatic rings. The molecule has 1 aliphatic carbocycles. The molecular formula is C24H28N2O3. The van der Waals surface area contributed by atoms with Gasteiger partial charge in [-0.3, -0.25) is 5.41 Å². The zero-order valence-corrected chi connectivity index (χ0v) is 17.2. The number of hydrogen-bond donors (Lipinski definition) is 1. The van der Waals surface area contributed by atoms with E-state index in [4.69, 9.17) is 14.9 Å². The molecule has 0 aliphatic heterocycles. The first-order valence-corrected chi connectivity index (χ1v) is 10.1. The number of allylic oxidation sites excluding steroid dienone is 3. The van der Waals surface area contributed by atoms with Crippen molar-refractivity contribution in [1.82, 2.24) is 4.57 Å². The molecule has 0 unspecified atom stereocenters. The van der Waals surface area contributed by atoms with E-state index in [1.165, 1.54) is 0 Å². The minimum Gasteiger partial charge on any atom is -0.497 e. The van der Waals surface area contributed by atoms with Crippen molar-refractivity contribution in [3.05, 3.63) is 71.4 Å². The molecule has 1 N–H and O–H groups in total. The maximum absolute atomic E-state index is 12.9. The topological polar surface area (TPSA) is 64.3 Å². The number of methoxy groups -OCH3 is 1. The number of nitrogens with one attached hydrogen (secondary N) is 1. The van der Waals surface area contributed by atoms with Gasteiger partial charge in [0.25, 0.3) is 0 Å². The van der Waals surface area contributed by atoms with Gasteiger partial charge in [-0.05, 0) is 68.9 Å². The van der Waals surface area contributed by atoms with Crippen molar-refractivity contribution in [2.75, 3.05) is 13.7 Å². The number of ether oxygens (including phenoxy) is 2. The third-order valence-electron chi connectivity index (χ3n) is 5.16. The molecule has 152 valence electrons. The van der Waals surface area contributed by atoms with Crippen LogP contribution in [-0.2, 0) is 11.2 Å². The Balaban J connectivity index is 2.28. The molecule has 0 fully saturated rings. The first-order chi connectivity index (χ1) is 14.1. The first-order valence-electron chi connectivity index (χ1n) is 10.1. The van der Waals surface area contributed by atoms with E-state index >= 15 is 0 Å². The van der Waals surface area contributed by atoms with Gasteiger partial charge in [-0.2, -0.15) is 0 Å². The Morgan fingerprint density at radius 3 is 2.62 bits per heavy atom. The van der Waals surface area contributed by atoms with Gasteiger partial charge in [0.2, 0.25) is 0 Å². The van der Waals surface area contributed by atoms with E-state index in [0.717, 1.165) is 53.8 Å². The minimum atomic E-state index is -0.360. The summed E-state index contributed by atoms with van der Waals surface area (Å²) in [4.78, 5) is 12.9. The van der Waals surface area contributed by atoms with Crippen LogP contribution >= 0.6 is 0 Å². The molecule has 0 spiro atoms. The Hall–Kier alpha value is -3.08. The van der Waals surface area contributed by atoms with Gasteiger partial charge in [0, 0.05) is 23.0 Å². The van der Waals surface area contributed by atoms with Gasteiger partial charge >= 0.3 is 5.97 Å². The van der Waals surface area contributed by atoms with Crippen LogP contribution in [0.15, 0.2) is 49.2 Å². The molecule has 0 saturated heterocycles. The molecule has 5 nitrogen and oxygen atoms in total. The molecule has 1 aromatic carbocycles. The maximum Gasteiger partial charge on any atom is 0.340 e. The van der Waals surface area contributed by atoms with Gasteiger partial charge < -0.3 is 14.0 Å². The summed E-state index contributed by atoms with van der Waals surface area (Å²) in [7, 11) is 1.62. The zero-order chi connectivity index (χ0) is 20.8. The van der Waals surface area contributed by atoms with Gasteiger partial charge in [-0.1, -0.05) is 12.2 Å². The molecule has 1 heterocycles. The molecule has 5 heteroatoms. The molecule has 3 rings (SSSR count). The van der Waals surface area contributed by atoms with Gasteiger partial charge in [0.1, 0.15) is 11.2 Å². The molecule has 0 amide bonds. The number of hydrogen-bond acceptors (Lipinski definition) is 4. The van der Waals surface area contributed by atoms with Crippen molar-refractivity contribution >= 4 is 11.5 Å². The predicted molar refractivity (Wildman–Crippen MR) is 114 cm³/mol. The van der Waals surface area contributed by atoms with Crippen LogP contribution in [0.3, 0.4) is 0 Å². The van der Waals surface area contributed by atoms with Crippen molar-refractivity contribution in [3.63, 3.8) is 0 Å². The van der Waals surface area contributed by atoms with Crippen molar-refractivity contribution < 1.29 is 14.3 Å². The van der Waals surface area contributed by atoms with Crippen LogP contribution in [0.5, 0.6) is 5.75 Å². The smallest absolute Gasteiger partial charge is 0.340 e. The fourth-order valence-electron chi connectivity index (χ4n) is 3.77. The Morgan fingerprint density at radius 2 is 2.03 bits per heavy atom. The third-order valence-corrected chi connectivity index (χ3v) is 5.16. The summed E-state index contributed by atoms with van der Waals surface area (Å²) in [5.74, 6) is 0.378. The summed E-state index contributed by atoms with van der Waals surface area (Å²) >= 11 is 0. The van der Waals surface area contributed by atoms with Crippen LogP contribution in [0.25, 0.3) is 11.3 Å². The fraction of sp³-hybridized carbons (Fsp3) is 0.333. The molecular weight excluding hydrogens is 364 g/mol. The van der Waals surface area contributed by atoms with Gasteiger partial charge in [0.15, 0.2) is 0 Å². The van der Waals surface area contributed by atoms with Gasteiger partial charge in [-0.15, -0.1) is 6.58 Å². The average Bonchev–Trinajstić information content (AvgIpc) is 2.76. The van der Waals surface area contributed by atoms with Crippen LogP contribution in [0.1, 0.15) is 54.1 Å². The van der Waals surface area contributed by atoms with Crippen molar-refractivity contribution in [3.8, 4) is 11.4 Å². The van der Waals surface area contributed by atoms with E-state index < -0.39 is 0 Å². The lowest BCUT2D eigenvalue weighted by atomic mass is 9.87. The number of pyridine rings is 1. The Labute approximate surface area is 171 Å². The Morgan fingerprint density at radius 1 is 1.28 bits per heavy atom. The number of aromatic nitrogens is 1. The zero-order valence-electron chi connectivity index (χ0n) is 17.2. The second-order valence-corrected chi connectivity index (χ2v) is 7.00. The van der Waals surface area contributed by atoms with E-state index in [9.17, 15) is 4.79 Å². The molecule has 1 aliphatic rings. The lowest BCUT2D eigenvalue weighted by Gasteiger charge is -2.22. The second kappa shape index (κ2) is 9.41. The quantitative estimate of drug-likeness (QED) is 0.542. The summed E-state index contributed by atoms with van der Waals surface area (Å²) in [6.45, 7) is 5.98. The molecule has 0 bridgehead atoms. The molecule has 0 radical (unpaired) electrons. The van der Waals surface area contributed by atoms with Crippen molar-refractivity contribution in [2.45, 2.75) is 39.0 Å². The lowest BCUT2D eigenvalue weighted by molar-refractivity contribution is 0.0525. The SMILES string of the molecule is C=CCc1c(C2=CCCCC2)c(C(=O)OCC)cn(-c2ccc(OC)cc2)c1=N. The van der Waals surface area contributed by atoms with Crippen LogP contribution in [0.4, 0.5) is 0 Å². The maximum atomic E-state index is 12.9. The van der Waals surface area contributed by atoms with E-state index in [1.807, 2.05) is 24.3 Å². The number of carbonyl (C=O) groups is 1. The number of benzene rings is 1. The normalized spacial score (nSPS) is 13.5. The molecule has 0 atom stereocenters. The molecule has 1 aromatic heterocycles. The van der Waals surface area contributed by atoms with Crippen molar-refractivity contribution in [1.29, 1.82) is 5.41 Å². The Bertz CT molecular complexity index is 984. The fourth-order valence-corrected chi connectivity index (χ4v) is 3.77. The monoisotopic (exact) mass is 392 g/mol. The minimum absolute atomic E-state index is 0.305. The second-order valence-electron chi connectivity index (χ2n) is 7.00. The van der Waals surface area contributed by atoms with Crippen LogP contribution < -0.4 is 10.2 Å². The first kappa shape index (κ1) is 20.6. The number of nitrogens with zero attached hydrogens (tertiary/aromatic N) is 1. The van der Waals surface area contributed by atoms with E-state index in [0.29, 0.717) is 24.1 Å². The number of esters is 1. The molecule has 29 heavy (non-hydrogen) atoms. The molecule has 0 saturated carbocycles. The summed E-state index contributed by atoms with van der Waals surface area (Å²) in [5.41, 5.74) is 4.42. The number of rotatable bonds is 7. The summed E-state index contributed by atoms with van der Waals surface area (Å²) in [5, 5.41) is 8.89. The van der Waals surface area contributed by atoms with Gasteiger partial charge in [-0.25, -0.2) is 4.79 Å². The van der Waals surface area contributed by atoms with Crippen LogP contribution in [-0.4, -0.2) is 24.3 Å². The average molecular weight is 392 g/mol. The predicted octanol–water partition coefficient (Wildman–Crippen LogP) is 4.83. The summed E-state index contributed by atoms with van der Waals surface area (Å²) in [6.07, 6.45) is 10.4. The highest BCUT2D eigenvalue weighted by Crippen LogP contribution is 2.32. The standard InChI is InChI=1S/C24H28N2O3/c1-4-9-20-22(17-10-7-6-8-11-17)21(24(27)29-5-2)16-26(23(20)25)18-12-14-19(28-3)15-13-18/h4,10,12-16,25H,1,5-9,11H2,2-3H3. The summed E-state index contributed by atoms with van der Waals surface area (Å²) < 4.78 is 12.3. The van der Waals surface area contributed by atoms with E-state index in [1.54, 1.807) is 30.9 Å². The largest absolute Gasteiger partial charge is 0.497 e. The Kier molecular flexibility index (Phi) is 6.70. The van der Waals surface area contributed by atoms with Crippen LogP contribution in [0.2, 0.25) is 0 Å². The highest BCUT2D eigenvalue weighted by atomic mass is 16.5. The third kappa shape index (κ3) is 4.34. The van der Waals surface area contributed by atoms with Crippen LogP contribution in [0, 0.1) is 5.41 Å². The van der Waals surface area contributed by atoms with Crippen molar-refractivity contribution in [2.24, 2.45) is 0 Å². The lowest BCUT2D eigenvalue weighted by Crippen LogP contribution is -2.27. The van der Waals surface area contributed by atoms with E-state index in [-0.39, 0.29) is 5.97 Å². The highest BCUT2D eigenvalue weighted by Gasteiger charge is 2.23. The summed E-state index contributed by atoms with van der Waals surface area (Å²) in [6, 6.07) is 7.44. The van der Waals surface area contributed by atoms with Gasteiger partial charge in [0.05, 0.1) is 19.3 Å². The number of carbonyl (C=O) groups excluding carboxylic acids is 1.